The Morgan fingerprint density at radius 1 is 1.16 bits per heavy atom. The van der Waals surface area contributed by atoms with Gasteiger partial charge in [0.15, 0.2) is 0 Å². The van der Waals surface area contributed by atoms with Gasteiger partial charge in [-0.3, -0.25) is 4.79 Å². The third kappa shape index (κ3) is 7.11. The van der Waals surface area contributed by atoms with Gasteiger partial charge in [0.2, 0.25) is 0 Å². The average Bonchev–Trinajstić information content (AvgIpc) is 2.60. The van der Waals surface area contributed by atoms with E-state index in [-0.39, 0.29) is 5.91 Å². The Morgan fingerprint density at radius 3 is 2.64 bits per heavy atom. The normalized spacial score (nSPS) is 10.7. The minimum atomic E-state index is -0.0901. The number of carbonyl (C=O) groups is 1. The number of amides is 1. The first-order chi connectivity index (χ1) is 12.0. The quantitative estimate of drug-likeness (QED) is 0.675. The van der Waals surface area contributed by atoms with Crippen LogP contribution in [0.25, 0.3) is 0 Å². The molecule has 1 aromatic carbocycles. The van der Waals surface area contributed by atoms with Crippen molar-refractivity contribution in [1.29, 1.82) is 0 Å². The molecule has 5 nitrogen and oxygen atoms in total. The van der Waals surface area contributed by atoms with Crippen molar-refractivity contribution in [3.8, 4) is 0 Å². The minimum Gasteiger partial charge on any atom is -0.370 e. The third-order valence-corrected chi connectivity index (χ3v) is 3.97. The molecular formula is C19H25ClN4O. The largest absolute Gasteiger partial charge is 0.370 e. The molecule has 1 heterocycles. The first-order valence-electron chi connectivity index (χ1n) is 8.42. The number of hydrogen-bond donors (Lipinski definition) is 2. The lowest BCUT2D eigenvalue weighted by Crippen LogP contribution is -2.25. The van der Waals surface area contributed by atoms with Crippen molar-refractivity contribution in [3.63, 3.8) is 0 Å². The van der Waals surface area contributed by atoms with Crippen molar-refractivity contribution >= 4 is 23.3 Å². The van der Waals surface area contributed by atoms with E-state index in [2.05, 4.69) is 20.5 Å². The number of aromatic nitrogens is 1. The molecule has 0 unspecified atom stereocenters. The van der Waals surface area contributed by atoms with Gasteiger partial charge in [-0.1, -0.05) is 23.7 Å². The lowest BCUT2D eigenvalue weighted by molar-refractivity contribution is 0.0954. The lowest BCUT2D eigenvalue weighted by Gasteiger charge is -2.11. The third-order valence-electron chi connectivity index (χ3n) is 3.72. The SMILES string of the molecule is CN(C)CCCNc1cc(C(=O)NCCc2ccc(Cl)cc2)ccn1. The van der Waals surface area contributed by atoms with E-state index in [0.717, 1.165) is 42.3 Å². The molecule has 134 valence electrons. The Labute approximate surface area is 154 Å². The standard InChI is InChI=1S/C19H25ClN4O/c1-24(2)13-3-10-21-18-14-16(9-12-22-18)19(25)23-11-8-15-4-6-17(20)7-5-15/h4-7,9,12,14H,3,8,10-11,13H2,1-2H3,(H,21,22)(H,23,25). The fourth-order valence-electron chi connectivity index (χ4n) is 2.35. The van der Waals surface area contributed by atoms with Crippen LogP contribution in [0.5, 0.6) is 0 Å². The zero-order chi connectivity index (χ0) is 18.1. The van der Waals surface area contributed by atoms with E-state index in [4.69, 9.17) is 11.6 Å². The summed E-state index contributed by atoms with van der Waals surface area (Å²) < 4.78 is 0. The Hall–Kier alpha value is -2.11. The number of nitrogens with one attached hydrogen (secondary N) is 2. The molecule has 2 aromatic rings. The number of anilines is 1. The fourth-order valence-corrected chi connectivity index (χ4v) is 2.48. The molecule has 25 heavy (non-hydrogen) atoms. The zero-order valence-corrected chi connectivity index (χ0v) is 15.5. The number of rotatable bonds is 9. The molecule has 2 rings (SSSR count). The Kier molecular flexibility index (Phi) is 7.70. The molecule has 1 aromatic heterocycles. The summed E-state index contributed by atoms with van der Waals surface area (Å²) >= 11 is 5.87. The smallest absolute Gasteiger partial charge is 0.251 e. The van der Waals surface area contributed by atoms with Crippen LogP contribution in [0, 0.1) is 0 Å². The number of carbonyl (C=O) groups excluding carboxylic acids is 1. The van der Waals surface area contributed by atoms with E-state index in [1.165, 1.54) is 0 Å². The molecule has 0 atom stereocenters. The highest BCUT2D eigenvalue weighted by Crippen LogP contribution is 2.10. The number of pyridine rings is 1. The van der Waals surface area contributed by atoms with Gasteiger partial charge >= 0.3 is 0 Å². The molecule has 2 N–H and O–H groups in total. The van der Waals surface area contributed by atoms with Crippen LogP contribution >= 0.6 is 11.6 Å². The maximum Gasteiger partial charge on any atom is 0.251 e. The average molecular weight is 361 g/mol. The maximum absolute atomic E-state index is 12.3. The minimum absolute atomic E-state index is 0.0901. The Balaban J connectivity index is 1.78. The summed E-state index contributed by atoms with van der Waals surface area (Å²) in [5.41, 5.74) is 1.75. The van der Waals surface area contributed by atoms with Crippen LogP contribution < -0.4 is 10.6 Å². The van der Waals surface area contributed by atoms with Gasteiger partial charge in [-0.05, 0) is 63.3 Å². The van der Waals surface area contributed by atoms with Gasteiger partial charge in [-0.2, -0.15) is 0 Å². The number of halogens is 1. The van der Waals surface area contributed by atoms with E-state index >= 15 is 0 Å². The molecule has 0 radical (unpaired) electrons. The van der Waals surface area contributed by atoms with E-state index in [1.54, 1.807) is 18.3 Å². The van der Waals surface area contributed by atoms with Crippen molar-refractivity contribution in [2.24, 2.45) is 0 Å². The van der Waals surface area contributed by atoms with Gasteiger partial charge in [0.1, 0.15) is 5.82 Å². The van der Waals surface area contributed by atoms with Crippen molar-refractivity contribution in [1.82, 2.24) is 15.2 Å². The second-order valence-electron chi connectivity index (χ2n) is 6.15. The fraction of sp³-hybridized carbons (Fsp3) is 0.368. The van der Waals surface area contributed by atoms with Gasteiger partial charge in [0.25, 0.3) is 5.91 Å². The predicted octanol–water partition coefficient (Wildman–Crippen LogP) is 3.07. The molecule has 0 aliphatic rings. The Bertz CT molecular complexity index is 673. The summed E-state index contributed by atoms with van der Waals surface area (Å²) in [4.78, 5) is 18.7. The second kappa shape index (κ2) is 10.0. The van der Waals surface area contributed by atoms with Crippen LogP contribution in [0.3, 0.4) is 0 Å². The van der Waals surface area contributed by atoms with E-state index < -0.39 is 0 Å². The van der Waals surface area contributed by atoms with E-state index in [1.807, 2.05) is 38.4 Å². The van der Waals surface area contributed by atoms with Crippen LogP contribution in [0.1, 0.15) is 22.3 Å². The van der Waals surface area contributed by atoms with Crippen LogP contribution in [-0.2, 0) is 6.42 Å². The highest BCUT2D eigenvalue weighted by molar-refractivity contribution is 6.30. The molecule has 0 fully saturated rings. The van der Waals surface area contributed by atoms with Crippen molar-refractivity contribution in [2.75, 3.05) is 39.0 Å². The molecular weight excluding hydrogens is 336 g/mol. The van der Waals surface area contributed by atoms with Gasteiger partial charge in [0.05, 0.1) is 0 Å². The van der Waals surface area contributed by atoms with Gasteiger partial charge in [0, 0.05) is 29.9 Å². The molecule has 1 amide bonds. The topological polar surface area (TPSA) is 57.3 Å². The lowest BCUT2D eigenvalue weighted by atomic mass is 10.1. The van der Waals surface area contributed by atoms with Crippen LogP contribution in [-0.4, -0.2) is 49.5 Å². The zero-order valence-electron chi connectivity index (χ0n) is 14.8. The van der Waals surface area contributed by atoms with Crippen LogP contribution in [0.4, 0.5) is 5.82 Å². The van der Waals surface area contributed by atoms with Gasteiger partial charge in [-0.15, -0.1) is 0 Å². The highest BCUT2D eigenvalue weighted by Gasteiger charge is 2.06. The number of benzene rings is 1. The van der Waals surface area contributed by atoms with Crippen molar-refractivity contribution < 1.29 is 4.79 Å². The second-order valence-corrected chi connectivity index (χ2v) is 6.58. The van der Waals surface area contributed by atoms with Crippen LogP contribution in [0.15, 0.2) is 42.6 Å². The van der Waals surface area contributed by atoms with Crippen LogP contribution in [0.2, 0.25) is 5.02 Å². The molecule has 0 spiro atoms. The first kappa shape index (κ1) is 19.2. The molecule has 6 heteroatoms. The number of nitrogens with zero attached hydrogens (tertiary/aromatic N) is 2. The Morgan fingerprint density at radius 2 is 1.92 bits per heavy atom. The van der Waals surface area contributed by atoms with Crippen molar-refractivity contribution in [2.45, 2.75) is 12.8 Å². The molecule has 0 saturated carbocycles. The number of hydrogen-bond acceptors (Lipinski definition) is 4. The highest BCUT2D eigenvalue weighted by atomic mass is 35.5. The van der Waals surface area contributed by atoms with Gasteiger partial charge in [-0.25, -0.2) is 4.98 Å². The first-order valence-corrected chi connectivity index (χ1v) is 8.79. The monoisotopic (exact) mass is 360 g/mol. The summed E-state index contributed by atoms with van der Waals surface area (Å²) in [6.07, 6.45) is 3.44. The van der Waals surface area contributed by atoms with Gasteiger partial charge < -0.3 is 15.5 Å². The molecule has 0 aliphatic heterocycles. The summed E-state index contributed by atoms with van der Waals surface area (Å²) in [6.45, 7) is 2.42. The summed E-state index contributed by atoms with van der Waals surface area (Å²) in [6, 6.07) is 11.2. The van der Waals surface area contributed by atoms with E-state index in [9.17, 15) is 4.79 Å². The molecule has 0 aliphatic carbocycles. The molecule has 0 bridgehead atoms. The predicted molar refractivity (Wildman–Crippen MR) is 103 cm³/mol. The summed E-state index contributed by atoms with van der Waals surface area (Å²) in [5, 5.41) is 6.91. The van der Waals surface area contributed by atoms with E-state index in [0.29, 0.717) is 12.1 Å². The maximum atomic E-state index is 12.3. The summed E-state index contributed by atoms with van der Waals surface area (Å²) in [5.74, 6) is 0.636. The van der Waals surface area contributed by atoms with Crippen molar-refractivity contribution in [3.05, 3.63) is 58.7 Å². The summed E-state index contributed by atoms with van der Waals surface area (Å²) in [7, 11) is 4.10. The molecule has 0 saturated heterocycles.